The van der Waals surface area contributed by atoms with Crippen molar-refractivity contribution in [3.8, 4) is 22.9 Å². The molecule has 0 saturated heterocycles. The SMILES string of the molecule is CC(C)Oc1ccc(-n2c(CC(=O)NC3(C(=O)O)CC3)c(C(=O)O)c3cc(Oc4ccc(C(F)(F)F)cc4)ccc32)cc1.O.O. The zero-order valence-electron chi connectivity index (χ0n) is 24.1. The third-order valence-corrected chi connectivity index (χ3v) is 7.00. The Balaban J connectivity index is 0.00000276. The van der Waals surface area contributed by atoms with Gasteiger partial charge in [-0.25, -0.2) is 9.59 Å². The Labute approximate surface area is 254 Å². The molecule has 1 aliphatic rings. The number of halogens is 3. The van der Waals surface area contributed by atoms with E-state index in [1.807, 2.05) is 13.8 Å². The number of aromatic carboxylic acids is 1. The largest absolute Gasteiger partial charge is 0.491 e. The third-order valence-electron chi connectivity index (χ3n) is 7.00. The van der Waals surface area contributed by atoms with Crippen LogP contribution in [0.2, 0.25) is 0 Å². The number of nitrogens with one attached hydrogen (secondary N) is 1. The summed E-state index contributed by atoms with van der Waals surface area (Å²) >= 11 is 0. The second-order valence-corrected chi connectivity index (χ2v) is 10.5. The molecular weight excluding hydrogens is 601 g/mol. The zero-order valence-corrected chi connectivity index (χ0v) is 24.1. The number of rotatable bonds is 10. The summed E-state index contributed by atoms with van der Waals surface area (Å²) in [6.45, 7) is 3.74. The third kappa shape index (κ3) is 7.19. The molecule has 0 spiro atoms. The lowest BCUT2D eigenvalue weighted by Gasteiger charge is -2.16. The van der Waals surface area contributed by atoms with Crippen molar-refractivity contribution in [2.75, 3.05) is 0 Å². The van der Waals surface area contributed by atoms with E-state index < -0.39 is 41.5 Å². The number of fused-ring (bicyclic) bond motifs is 1. The number of carboxylic acid groups (broad SMARTS) is 2. The molecule has 0 radical (unpaired) electrons. The minimum atomic E-state index is -4.51. The molecule has 1 heterocycles. The average molecular weight is 633 g/mol. The minimum absolute atomic E-state index is 0. The highest BCUT2D eigenvalue weighted by Gasteiger charge is 2.51. The summed E-state index contributed by atoms with van der Waals surface area (Å²) in [7, 11) is 0. The van der Waals surface area contributed by atoms with Crippen molar-refractivity contribution < 1.29 is 58.2 Å². The number of aromatic nitrogens is 1. The van der Waals surface area contributed by atoms with Crippen LogP contribution in [0.4, 0.5) is 13.2 Å². The molecule has 0 atom stereocenters. The van der Waals surface area contributed by atoms with Gasteiger partial charge in [0.15, 0.2) is 0 Å². The van der Waals surface area contributed by atoms with E-state index in [0.717, 1.165) is 24.3 Å². The van der Waals surface area contributed by atoms with Gasteiger partial charge >= 0.3 is 18.1 Å². The Morgan fingerprint density at radius 1 is 0.911 bits per heavy atom. The Kier molecular flexibility index (Phi) is 9.85. The van der Waals surface area contributed by atoms with Gasteiger partial charge in [-0.1, -0.05) is 0 Å². The summed E-state index contributed by atoms with van der Waals surface area (Å²) in [6, 6.07) is 15.4. The summed E-state index contributed by atoms with van der Waals surface area (Å²) in [4.78, 5) is 37.4. The smallest absolute Gasteiger partial charge is 0.416 e. The molecule has 1 saturated carbocycles. The van der Waals surface area contributed by atoms with Crippen molar-refractivity contribution >= 4 is 28.7 Å². The molecule has 1 amide bonds. The Morgan fingerprint density at radius 2 is 1.49 bits per heavy atom. The molecule has 0 unspecified atom stereocenters. The fourth-order valence-electron chi connectivity index (χ4n) is 4.86. The number of amides is 1. The van der Waals surface area contributed by atoms with Crippen molar-refractivity contribution in [2.45, 2.75) is 50.9 Å². The molecular formula is C31H31F3N2O9. The van der Waals surface area contributed by atoms with E-state index >= 15 is 0 Å². The van der Waals surface area contributed by atoms with Crippen LogP contribution in [0.3, 0.4) is 0 Å². The molecule has 1 fully saturated rings. The van der Waals surface area contributed by atoms with Gasteiger partial charge in [-0.05, 0) is 93.4 Å². The van der Waals surface area contributed by atoms with Gasteiger partial charge in [0.05, 0.1) is 29.2 Å². The second-order valence-electron chi connectivity index (χ2n) is 10.5. The van der Waals surface area contributed by atoms with Crippen molar-refractivity contribution in [3.05, 3.63) is 83.6 Å². The van der Waals surface area contributed by atoms with E-state index in [9.17, 15) is 37.8 Å². The molecule has 0 aliphatic heterocycles. The Hall–Kier alpha value is -5.08. The second kappa shape index (κ2) is 12.9. The van der Waals surface area contributed by atoms with Crippen molar-refractivity contribution in [2.24, 2.45) is 0 Å². The lowest BCUT2D eigenvalue weighted by Crippen LogP contribution is -2.44. The highest BCUT2D eigenvalue weighted by Crippen LogP contribution is 2.38. The van der Waals surface area contributed by atoms with Crippen LogP contribution in [0, 0.1) is 0 Å². The van der Waals surface area contributed by atoms with E-state index in [2.05, 4.69) is 5.32 Å². The number of carbonyl (C=O) groups is 3. The molecule has 7 N–H and O–H groups in total. The minimum Gasteiger partial charge on any atom is -0.491 e. The maximum atomic E-state index is 13.1. The lowest BCUT2D eigenvalue weighted by atomic mass is 10.1. The van der Waals surface area contributed by atoms with E-state index in [1.165, 1.54) is 12.1 Å². The standard InChI is InChI=1S/C31H27F3N2O7.2H2O/c1-17(2)42-20-9-5-19(6-10-20)36-24-12-11-22(43-21-7-3-18(4-8-21)31(32,33)34)15-23(24)27(28(38)39)25(36)16-26(37)35-30(13-14-30)29(40)41;;/h3-12,15,17H,13-14,16H2,1-2H3,(H,35,37)(H,38,39)(H,40,41);2*1H2. The van der Waals surface area contributed by atoms with Crippen LogP contribution in [-0.4, -0.2) is 55.2 Å². The van der Waals surface area contributed by atoms with E-state index in [4.69, 9.17) is 9.47 Å². The topological polar surface area (TPSA) is 190 Å². The first kappa shape index (κ1) is 34.4. The first-order chi connectivity index (χ1) is 20.3. The summed E-state index contributed by atoms with van der Waals surface area (Å²) in [5.74, 6) is -2.31. The van der Waals surface area contributed by atoms with Gasteiger partial charge in [-0.2, -0.15) is 13.2 Å². The van der Waals surface area contributed by atoms with Crippen LogP contribution in [-0.2, 0) is 22.2 Å². The normalized spacial score (nSPS) is 13.4. The molecule has 0 bridgehead atoms. The van der Waals surface area contributed by atoms with E-state index in [1.54, 1.807) is 34.9 Å². The van der Waals surface area contributed by atoms with Crippen LogP contribution in [0.5, 0.6) is 17.2 Å². The van der Waals surface area contributed by atoms with Crippen molar-refractivity contribution in [1.82, 2.24) is 9.88 Å². The maximum Gasteiger partial charge on any atom is 0.416 e. The average Bonchev–Trinajstić information content (AvgIpc) is 3.64. The quantitative estimate of drug-likeness (QED) is 0.228. The number of nitrogens with zero attached hydrogens (tertiary/aromatic N) is 1. The van der Waals surface area contributed by atoms with Gasteiger partial charge < -0.3 is 40.5 Å². The summed E-state index contributed by atoms with van der Waals surface area (Å²) < 4.78 is 51.9. The van der Waals surface area contributed by atoms with Crippen LogP contribution in [0.25, 0.3) is 16.6 Å². The van der Waals surface area contributed by atoms with Crippen molar-refractivity contribution in [1.29, 1.82) is 0 Å². The molecule has 3 aromatic carbocycles. The first-order valence-electron chi connectivity index (χ1n) is 13.3. The van der Waals surface area contributed by atoms with Crippen molar-refractivity contribution in [3.63, 3.8) is 0 Å². The van der Waals surface area contributed by atoms with Gasteiger partial charge in [-0.15, -0.1) is 0 Å². The van der Waals surface area contributed by atoms with Gasteiger partial charge in [0.1, 0.15) is 22.8 Å². The molecule has 4 aromatic rings. The first-order valence-corrected chi connectivity index (χ1v) is 13.3. The summed E-state index contributed by atoms with van der Waals surface area (Å²) in [5, 5.41) is 22.5. The molecule has 5 rings (SSSR count). The highest BCUT2D eigenvalue weighted by molar-refractivity contribution is 6.07. The molecule has 1 aromatic heterocycles. The van der Waals surface area contributed by atoms with Crippen LogP contribution >= 0.6 is 0 Å². The van der Waals surface area contributed by atoms with Crippen LogP contribution < -0.4 is 14.8 Å². The number of hydrogen-bond acceptors (Lipinski definition) is 5. The highest BCUT2D eigenvalue weighted by atomic mass is 19.4. The number of ether oxygens (including phenoxy) is 2. The number of aliphatic carboxylic acids is 1. The number of carbonyl (C=O) groups excluding carboxylic acids is 1. The van der Waals surface area contributed by atoms with Gasteiger partial charge in [0, 0.05) is 16.8 Å². The van der Waals surface area contributed by atoms with Gasteiger partial charge in [0.25, 0.3) is 0 Å². The Morgan fingerprint density at radius 3 is 2.00 bits per heavy atom. The molecule has 1 aliphatic carbocycles. The van der Waals surface area contributed by atoms with Gasteiger partial charge in [0.2, 0.25) is 5.91 Å². The maximum absolute atomic E-state index is 13.1. The monoisotopic (exact) mass is 632 g/mol. The number of hydrogen-bond donors (Lipinski definition) is 3. The number of benzene rings is 3. The molecule has 14 heteroatoms. The number of alkyl halides is 3. The predicted molar refractivity (Wildman–Crippen MR) is 156 cm³/mol. The molecule has 45 heavy (non-hydrogen) atoms. The molecule has 11 nitrogen and oxygen atoms in total. The number of carboxylic acids is 2. The Bertz CT molecular complexity index is 1710. The van der Waals surface area contributed by atoms with E-state index in [-0.39, 0.29) is 58.0 Å². The van der Waals surface area contributed by atoms with Gasteiger partial charge in [-0.3, -0.25) is 4.79 Å². The summed E-state index contributed by atoms with van der Waals surface area (Å²) in [5.41, 5.74) is -1.38. The molecule has 240 valence electrons. The predicted octanol–water partition coefficient (Wildman–Crippen LogP) is 4.55. The van der Waals surface area contributed by atoms with Crippen LogP contribution in [0.15, 0.2) is 66.7 Å². The lowest BCUT2D eigenvalue weighted by molar-refractivity contribution is -0.143. The fourth-order valence-corrected chi connectivity index (χ4v) is 4.86. The van der Waals surface area contributed by atoms with Crippen LogP contribution in [0.1, 0.15) is 48.3 Å². The fraction of sp³-hybridized carbons (Fsp3) is 0.258. The summed E-state index contributed by atoms with van der Waals surface area (Å²) in [6.07, 6.45) is -4.49. The zero-order chi connectivity index (χ0) is 31.1. The van der Waals surface area contributed by atoms with E-state index in [0.29, 0.717) is 17.0 Å².